The van der Waals surface area contributed by atoms with E-state index in [0.717, 1.165) is 8.47 Å². The molecule has 0 heterocycles. The molecule has 0 radical (unpaired) electrons. The van der Waals surface area contributed by atoms with Crippen molar-refractivity contribution in [3.8, 4) is 0 Å². The predicted octanol–water partition coefficient (Wildman–Crippen LogP) is 4.76. The Kier molecular flexibility index (Phi) is 7.42. The highest BCUT2D eigenvalue weighted by molar-refractivity contribution is 14.1. The molecule has 23 heavy (non-hydrogen) atoms. The number of hydrogen-bond donors (Lipinski definition) is 1. The van der Waals surface area contributed by atoms with Crippen LogP contribution in [-0.2, 0) is 4.74 Å². The molecule has 1 aromatic rings. The zero-order valence-electron chi connectivity index (χ0n) is 13.4. The maximum Gasteiger partial charge on any atom is 0.412 e. The fraction of sp³-hybridized carbons (Fsp3) is 0.462. The van der Waals surface area contributed by atoms with Crippen molar-refractivity contribution in [3.63, 3.8) is 0 Å². The number of rotatable bonds is 5. The summed E-state index contributed by atoms with van der Waals surface area (Å²) < 4.78 is 7.80. The second kappa shape index (κ2) is 8.40. The van der Waals surface area contributed by atoms with E-state index in [1.807, 2.05) is 41.0 Å². The van der Waals surface area contributed by atoms with Crippen LogP contribution in [0.15, 0.2) is 17.0 Å². The Labute approximate surface area is 156 Å². The Balaban J connectivity index is 3.09. The van der Waals surface area contributed by atoms with Crippen molar-refractivity contribution < 1.29 is 14.5 Å². The Hall–Kier alpha value is -0.720. The molecule has 7 nitrogen and oxygen atoms in total. The van der Waals surface area contributed by atoms with Gasteiger partial charge in [-0.3, -0.25) is 15.4 Å². The number of nitro groups is 1. The molecule has 1 N–H and O–H groups in total. The van der Waals surface area contributed by atoms with Crippen molar-refractivity contribution in [2.75, 3.05) is 19.4 Å². The largest absolute Gasteiger partial charge is 0.444 e. The maximum atomic E-state index is 11.9. The highest BCUT2D eigenvalue weighted by Gasteiger charge is 2.22. The molecule has 0 atom stereocenters. The first kappa shape index (κ1) is 20.3. The SMILES string of the molecule is CN(C)SSc1cc(NC(=O)OC(C)(C)C)c([N+](=O)[O-])cc1I. The van der Waals surface area contributed by atoms with Crippen LogP contribution in [0.3, 0.4) is 0 Å². The number of ether oxygens (including phenoxy) is 1. The van der Waals surface area contributed by atoms with E-state index >= 15 is 0 Å². The third-order valence-corrected chi connectivity index (χ3v) is 5.96. The number of nitrogens with zero attached hydrogens (tertiary/aromatic N) is 2. The van der Waals surface area contributed by atoms with E-state index in [9.17, 15) is 14.9 Å². The van der Waals surface area contributed by atoms with Gasteiger partial charge in [-0.2, -0.15) is 0 Å². The number of anilines is 1. The molecule has 0 saturated carbocycles. The second-order valence-corrected chi connectivity index (χ2v) is 9.25. The number of nitro benzene ring substituents is 1. The third kappa shape index (κ3) is 7.14. The maximum absolute atomic E-state index is 11.9. The summed E-state index contributed by atoms with van der Waals surface area (Å²) in [4.78, 5) is 23.4. The van der Waals surface area contributed by atoms with Gasteiger partial charge in [0.1, 0.15) is 11.3 Å². The van der Waals surface area contributed by atoms with Gasteiger partial charge in [0, 0.05) is 14.5 Å². The van der Waals surface area contributed by atoms with Crippen LogP contribution in [0.25, 0.3) is 0 Å². The average Bonchev–Trinajstić information content (AvgIpc) is 2.36. The summed E-state index contributed by atoms with van der Waals surface area (Å²) >= 11 is 2.04. The van der Waals surface area contributed by atoms with Crippen LogP contribution in [0.5, 0.6) is 0 Å². The van der Waals surface area contributed by atoms with E-state index in [1.54, 1.807) is 26.8 Å². The van der Waals surface area contributed by atoms with Crippen LogP contribution in [0.1, 0.15) is 20.8 Å². The van der Waals surface area contributed by atoms with E-state index < -0.39 is 16.6 Å². The standard InChI is InChI=1S/C13H18IN3O4S2/c1-13(2,3)21-12(18)15-9-7-11(22-23-16(4)5)8(14)6-10(9)17(19)20/h6-7H,1-5H3,(H,15,18). The summed E-state index contributed by atoms with van der Waals surface area (Å²) in [6.45, 7) is 5.18. The van der Waals surface area contributed by atoms with Crippen molar-refractivity contribution in [1.29, 1.82) is 0 Å². The Bertz CT molecular complexity index is 606. The van der Waals surface area contributed by atoms with Gasteiger partial charge in [0.2, 0.25) is 0 Å². The van der Waals surface area contributed by atoms with Crippen LogP contribution < -0.4 is 5.32 Å². The summed E-state index contributed by atoms with van der Waals surface area (Å²) in [7, 11) is 6.73. The van der Waals surface area contributed by atoms with E-state index in [1.165, 1.54) is 27.8 Å². The fourth-order valence-electron chi connectivity index (χ4n) is 1.39. The summed E-state index contributed by atoms with van der Waals surface area (Å²) in [5, 5.41) is 13.7. The lowest BCUT2D eigenvalue weighted by molar-refractivity contribution is -0.384. The van der Waals surface area contributed by atoms with Crippen LogP contribution in [-0.4, -0.2) is 35.0 Å². The Morgan fingerprint density at radius 1 is 1.39 bits per heavy atom. The monoisotopic (exact) mass is 471 g/mol. The lowest BCUT2D eigenvalue weighted by Crippen LogP contribution is -2.27. The molecule has 1 rings (SSSR count). The Morgan fingerprint density at radius 3 is 2.48 bits per heavy atom. The molecule has 0 fully saturated rings. The Morgan fingerprint density at radius 2 is 2.00 bits per heavy atom. The van der Waals surface area contributed by atoms with Crippen molar-refractivity contribution in [3.05, 3.63) is 25.8 Å². The van der Waals surface area contributed by atoms with Gasteiger partial charge in [-0.1, -0.05) is 0 Å². The van der Waals surface area contributed by atoms with Crippen molar-refractivity contribution in [2.45, 2.75) is 31.3 Å². The number of carbonyl (C=O) groups is 1. The van der Waals surface area contributed by atoms with Gasteiger partial charge in [0.15, 0.2) is 0 Å². The number of nitrogens with one attached hydrogen (secondary N) is 1. The molecule has 0 bridgehead atoms. The molecule has 1 aromatic carbocycles. The highest BCUT2D eigenvalue weighted by atomic mass is 127. The number of carbonyl (C=O) groups excluding carboxylic acids is 1. The summed E-state index contributed by atoms with van der Waals surface area (Å²) in [5.74, 6) is 0. The molecule has 0 saturated heterocycles. The normalized spacial score (nSPS) is 11.4. The highest BCUT2D eigenvalue weighted by Crippen LogP contribution is 2.40. The zero-order valence-corrected chi connectivity index (χ0v) is 17.2. The third-order valence-electron chi connectivity index (χ3n) is 2.16. The van der Waals surface area contributed by atoms with Crippen molar-refractivity contribution in [1.82, 2.24) is 4.31 Å². The quantitative estimate of drug-likeness (QED) is 0.218. The molecule has 128 valence electrons. The molecule has 0 aromatic heterocycles. The van der Waals surface area contributed by atoms with Crippen LogP contribution in [0, 0.1) is 13.7 Å². The number of amides is 1. The van der Waals surface area contributed by atoms with Crippen LogP contribution >= 0.6 is 44.4 Å². The van der Waals surface area contributed by atoms with Crippen molar-refractivity contribution in [2.24, 2.45) is 0 Å². The molecule has 0 unspecified atom stereocenters. The molecule has 10 heteroatoms. The van der Waals surface area contributed by atoms with E-state index in [-0.39, 0.29) is 11.4 Å². The molecule has 1 amide bonds. The minimum absolute atomic E-state index is 0.117. The molecule has 0 aliphatic heterocycles. The summed E-state index contributed by atoms with van der Waals surface area (Å²) in [5.41, 5.74) is -0.730. The van der Waals surface area contributed by atoms with Gasteiger partial charge in [0.25, 0.3) is 5.69 Å². The average molecular weight is 471 g/mol. The minimum Gasteiger partial charge on any atom is -0.444 e. The predicted molar refractivity (Wildman–Crippen MR) is 103 cm³/mol. The molecule has 0 aliphatic carbocycles. The zero-order chi connectivity index (χ0) is 17.8. The fourth-order valence-corrected chi connectivity index (χ4v) is 4.25. The first-order valence-corrected chi connectivity index (χ1v) is 9.68. The van der Waals surface area contributed by atoms with E-state index in [0.29, 0.717) is 0 Å². The van der Waals surface area contributed by atoms with Gasteiger partial charge < -0.3 is 4.74 Å². The van der Waals surface area contributed by atoms with E-state index in [4.69, 9.17) is 4.74 Å². The second-order valence-electron chi connectivity index (χ2n) is 5.65. The van der Waals surface area contributed by atoms with Gasteiger partial charge in [-0.25, -0.2) is 9.10 Å². The topological polar surface area (TPSA) is 84.7 Å². The number of hydrogen-bond acceptors (Lipinski definition) is 7. The first-order valence-electron chi connectivity index (χ1n) is 6.49. The minimum atomic E-state index is -0.724. The first-order chi connectivity index (χ1) is 10.5. The molecule has 0 aliphatic rings. The van der Waals surface area contributed by atoms with Crippen molar-refractivity contribution >= 4 is 61.8 Å². The number of halogens is 1. The van der Waals surface area contributed by atoms with Crippen LogP contribution in [0.2, 0.25) is 0 Å². The van der Waals surface area contributed by atoms with Gasteiger partial charge in [-0.15, -0.1) is 0 Å². The molecule has 0 spiro atoms. The van der Waals surface area contributed by atoms with E-state index in [2.05, 4.69) is 5.32 Å². The lowest BCUT2D eigenvalue weighted by Gasteiger charge is -2.20. The molecular formula is C13H18IN3O4S2. The smallest absolute Gasteiger partial charge is 0.412 e. The molecular weight excluding hydrogens is 453 g/mol. The van der Waals surface area contributed by atoms with Gasteiger partial charge >= 0.3 is 6.09 Å². The summed E-state index contributed by atoms with van der Waals surface area (Å²) in [6.07, 6.45) is -0.724. The number of benzene rings is 1. The summed E-state index contributed by atoms with van der Waals surface area (Å²) in [6, 6.07) is 3.02. The lowest BCUT2D eigenvalue weighted by atomic mass is 10.2. The van der Waals surface area contributed by atoms with Crippen LogP contribution in [0.4, 0.5) is 16.2 Å². The van der Waals surface area contributed by atoms with Gasteiger partial charge in [-0.05, 0) is 85.3 Å². The van der Waals surface area contributed by atoms with Gasteiger partial charge in [0.05, 0.1) is 4.92 Å².